The Kier molecular flexibility index (Phi) is 4.34. The van der Waals surface area contributed by atoms with Crippen molar-refractivity contribution in [3.8, 4) is 17.0 Å². The molecule has 4 unspecified atom stereocenters. The van der Waals surface area contributed by atoms with Crippen molar-refractivity contribution in [3.05, 3.63) is 22.5 Å². The van der Waals surface area contributed by atoms with Crippen molar-refractivity contribution in [1.82, 2.24) is 14.9 Å². The van der Waals surface area contributed by atoms with Gasteiger partial charge in [-0.3, -0.25) is 4.90 Å². The summed E-state index contributed by atoms with van der Waals surface area (Å²) < 4.78 is 50.3. The molecule has 33 heavy (non-hydrogen) atoms. The zero-order valence-electron chi connectivity index (χ0n) is 16.8. The normalized spacial score (nSPS) is 26.4. The molecule has 9 nitrogen and oxygen atoms in total. The van der Waals surface area contributed by atoms with Crippen LogP contribution in [0.1, 0.15) is 24.3 Å². The van der Waals surface area contributed by atoms with E-state index in [1.165, 1.54) is 22.3 Å². The quantitative estimate of drug-likeness (QED) is 0.580. The summed E-state index contributed by atoms with van der Waals surface area (Å²) in [4.78, 5) is 23.2. The average molecular weight is 482 g/mol. The SMILES string of the molecule is O=C(O)N1C2CC1CN(c1nc3c(OC(F)(F)F)c(C4CC4O)cc(-c4cscn4)c3o1)C2. The molecular weight excluding hydrogens is 465 g/mol. The number of amides is 1. The number of thiazole rings is 1. The lowest BCUT2D eigenvalue weighted by Crippen LogP contribution is -2.70. The molecule has 174 valence electrons. The Labute approximate surface area is 188 Å². The molecule has 2 aromatic heterocycles. The van der Waals surface area contributed by atoms with Gasteiger partial charge in [0, 0.05) is 35.5 Å². The highest BCUT2D eigenvalue weighted by Gasteiger charge is 2.49. The summed E-state index contributed by atoms with van der Waals surface area (Å²) in [5, 5.41) is 21.0. The van der Waals surface area contributed by atoms with Crippen LogP contribution in [0.5, 0.6) is 5.75 Å². The fraction of sp³-hybridized carbons (Fsp3) is 0.450. The van der Waals surface area contributed by atoms with Crippen LogP contribution < -0.4 is 9.64 Å². The maximum atomic E-state index is 13.3. The summed E-state index contributed by atoms with van der Waals surface area (Å²) in [6, 6.07) is 1.17. The van der Waals surface area contributed by atoms with E-state index in [2.05, 4.69) is 14.7 Å². The predicted octanol–water partition coefficient (Wildman–Crippen LogP) is 3.64. The van der Waals surface area contributed by atoms with Gasteiger partial charge in [-0.15, -0.1) is 24.5 Å². The lowest BCUT2D eigenvalue weighted by molar-refractivity contribution is -0.274. The van der Waals surface area contributed by atoms with E-state index in [0.29, 0.717) is 30.8 Å². The minimum absolute atomic E-state index is 0.0988. The molecular formula is C20H17F3N4O5S. The van der Waals surface area contributed by atoms with Crippen molar-refractivity contribution in [2.24, 2.45) is 0 Å². The largest absolute Gasteiger partial charge is 0.573 e. The van der Waals surface area contributed by atoms with Crippen molar-refractivity contribution in [1.29, 1.82) is 0 Å². The topological polar surface area (TPSA) is 112 Å². The van der Waals surface area contributed by atoms with Crippen molar-refractivity contribution in [3.63, 3.8) is 0 Å². The third-order valence-electron chi connectivity index (χ3n) is 6.40. The van der Waals surface area contributed by atoms with Gasteiger partial charge in [-0.05, 0) is 18.9 Å². The van der Waals surface area contributed by atoms with Crippen molar-refractivity contribution >= 4 is 34.5 Å². The second kappa shape index (κ2) is 6.97. The van der Waals surface area contributed by atoms with E-state index < -0.39 is 30.2 Å². The summed E-state index contributed by atoms with van der Waals surface area (Å²) in [7, 11) is 0. The van der Waals surface area contributed by atoms with Gasteiger partial charge in [-0.25, -0.2) is 9.78 Å². The summed E-state index contributed by atoms with van der Waals surface area (Å²) >= 11 is 1.33. The molecule has 0 spiro atoms. The fourth-order valence-corrected chi connectivity index (χ4v) is 5.38. The highest BCUT2D eigenvalue weighted by atomic mass is 32.1. The number of fused-ring (bicyclic) bond motifs is 3. The number of ether oxygens (including phenoxy) is 1. The minimum Gasteiger partial charge on any atom is -0.465 e. The van der Waals surface area contributed by atoms with E-state index in [-0.39, 0.29) is 34.8 Å². The average Bonchev–Trinajstić information content (AvgIpc) is 3.13. The van der Waals surface area contributed by atoms with Gasteiger partial charge >= 0.3 is 12.5 Å². The van der Waals surface area contributed by atoms with Crippen molar-refractivity contribution in [2.75, 3.05) is 18.0 Å². The molecule has 2 bridgehead atoms. The van der Waals surface area contributed by atoms with Gasteiger partial charge in [0.15, 0.2) is 16.8 Å². The fourth-order valence-electron chi connectivity index (χ4n) is 4.83. The first-order valence-electron chi connectivity index (χ1n) is 10.3. The number of hydrogen-bond donors (Lipinski definition) is 2. The Morgan fingerprint density at radius 1 is 1.27 bits per heavy atom. The Balaban J connectivity index is 1.48. The number of oxazole rings is 1. The van der Waals surface area contributed by atoms with Crippen LogP contribution in [0.15, 0.2) is 21.4 Å². The molecule has 2 N–H and O–H groups in total. The number of nitrogens with zero attached hydrogens (tertiary/aromatic N) is 4. The number of rotatable bonds is 4. The Morgan fingerprint density at radius 3 is 2.58 bits per heavy atom. The first-order valence-corrected chi connectivity index (χ1v) is 11.2. The predicted molar refractivity (Wildman–Crippen MR) is 109 cm³/mol. The summed E-state index contributed by atoms with van der Waals surface area (Å²) in [5.41, 5.74) is 2.78. The number of carbonyl (C=O) groups is 1. The first kappa shape index (κ1) is 20.5. The van der Waals surface area contributed by atoms with Crippen LogP contribution in [0.25, 0.3) is 22.4 Å². The second-order valence-electron chi connectivity index (χ2n) is 8.49. The van der Waals surface area contributed by atoms with Crippen LogP contribution in [-0.4, -0.2) is 68.8 Å². The van der Waals surface area contributed by atoms with Gasteiger partial charge in [0.1, 0.15) is 0 Å². The molecule has 1 saturated carbocycles. The van der Waals surface area contributed by atoms with E-state index in [9.17, 15) is 28.2 Å². The molecule has 13 heteroatoms. The maximum absolute atomic E-state index is 13.3. The van der Waals surface area contributed by atoms with Crippen molar-refractivity contribution in [2.45, 2.75) is 43.3 Å². The highest BCUT2D eigenvalue weighted by molar-refractivity contribution is 7.07. The molecule has 5 heterocycles. The number of hydrogen-bond acceptors (Lipinski definition) is 8. The number of piperidine rings is 1. The molecule has 3 saturated heterocycles. The Bertz CT molecular complexity index is 1230. The van der Waals surface area contributed by atoms with Crippen LogP contribution in [0.3, 0.4) is 0 Å². The van der Waals surface area contributed by atoms with Crippen LogP contribution in [0.4, 0.5) is 24.0 Å². The van der Waals surface area contributed by atoms with E-state index in [0.717, 1.165) is 6.42 Å². The van der Waals surface area contributed by atoms with Gasteiger partial charge in [0.05, 0.1) is 29.4 Å². The van der Waals surface area contributed by atoms with Gasteiger partial charge < -0.3 is 24.3 Å². The lowest BCUT2D eigenvalue weighted by atomic mass is 9.88. The lowest BCUT2D eigenvalue weighted by Gasteiger charge is -2.54. The molecule has 1 amide bonds. The van der Waals surface area contributed by atoms with Gasteiger partial charge in [-0.2, -0.15) is 4.98 Å². The smallest absolute Gasteiger partial charge is 0.465 e. The first-order chi connectivity index (χ1) is 15.7. The Hall–Kier alpha value is -3.06. The summed E-state index contributed by atoms with van der Waals surface area (Å²) in [6.45, 7) is 0.649. The minimum atomic E-state index is -4.96. The van der Waals surface area contributed by atoms with Crippen LogP contribution in [0.2, 0.25) is 0 Å². The molecule has 0 radical (unpaired) electrons. The maximum Gasteiger partial charge on any atom is 0.573 e. The molecule has 4 fully saturated rings. The van der Waals surface area contributed by atoms with Crippen molar-refractivity contribution < 1.29 is 37.3 Å². The van der Waals surface area contributed by atoms with E-state index in [1.54, 1.807) is 15.8 Å². The molecule has 1 aliphatic carbocycles. The summed E-state index contributed by atoms with van der Waals surface area (Å²) in [6.07, 6.45) is -5.67. The number of aliphatic hydroxyl groups excluding tert-OH is 1. The number of benzene rings is 1. The van der Waals surface area contributed by atoms with E-state index in [1.807, 2.05) is 0 Å². The molecule has 4 aliphatic rings. The number of anilines is 1. The van der Waals surface area contributed by atoms with E-state index >= 15 is 0 Å². The van der Waals surface area contributed by atoms with Crippen LogP contribution in [0, 0.1) is 0 Å². The highest BCUT2D eigenvalue weighted by Crippen LogP contribution is 2.51. The van der Waals surface area contributed by atoms with Gasteiger partial charge in [-0.1, -0.05) is 0 Å². The molecule has 3 aromatic rings. The zero-order valence-corrected chi connectivity index (χ0v) is 17.6. The van der Waals surface area contributed by atoms with E-state index in [4.69, 9.17) is 4.42 Å². The molecule has 3 aliphatic heterocycles. The summed E-state index contributed by atoms with van der Waals surface area (Å²) in [5.74, 6) is -0.988. The molecule has 4 atom stereocenters. The zero-order chi connectivity index (χ0) is 23.1. The van der Waals surface area contributed by atoms with Crippen LogP contribution in [-0.2, 0) is 0 Å². The van der Waals surface area contributed by atoms with Crippen LogP contribution >= 0.6 is 11.3 Å². The molecule has 7 rings (SSSR count). The number of halogens is 3. The number of aliphatic hydroxyl groups is 1. The standard InChI is InChI=1S/C20H17F3N4O5S/c21-20(22,23)32-17-11(10-3-14(10)28)2-12(13-6-33-7-24-13)16-15(17)25-18(31-16)26-4-8-1-9(5-26)27(8)19(29)30/h2,6-10,14,28H,1,3-5H2,(H,29,30). The Morgan fingerprint density at radius 2 is 2.00 bits per heavy atom. The number of carboxylic acid groups (broad SMARTS) is 1. The number of piperazine rings is 1. The monoisotopic (exact) mass is 482 g/mol. The second-order valence-corrected chi connectivity index (χ2v) is 9.20. The number of aromatic nitrogens is 2. The third-order valence-corrected chi connectivity index (χ3v) is 6.99. The third kappa shape index (κ3) is 3.37. The van der Waals surface area contributed by atoms with Gasteiger partial charge in [0.25, 0.3) is 6.01 Å². The van der Waals surface area contributed by atoms with Gasteiger partial charge in [0.2, 0.25) is 0 Å². The number of alkyl halides is 3. The molecule has 1 aromatic carbocycles.